The monoisotopic (exact) mass is 242 g/mol. The highest BCUT2D eigenvalue weighted by Crippen LogP contribution is 1.99. The summed E-state index contributed by atoms with van der Waals surface area (Å²) in [7, 11) is 1.13. The molecule has 0 aliphatic carbocycles. The fraction of sp³-hybridized carbons (Fsp3) is 0.333. The SMILES string of the molecule is COC(=O)C[C@H](NC(=O)c1ccon1)C(=O)O. The molecule has 1 heterocycles. The molecule has 1 aromatic heterocycles. The minimum Gasteiger partial charge on any atom is -0.480 e. The van der Waals surface area contributed by atoms with Gasteiger partial charge in [0.15, 0.2) is 5.69 Å². The van der Waals surface area contributed by atoms with Gasteiger partial charge in [-0.1, -0.05) is 5.16 Å². The summed E-state index contributed by atoms with van der Waals surface area (Å²) in [5.74, 6) is -2.82. The maximum absolute atomic E-state index is 11.4. The summed E-state index contributed by atoms with van der Waals surface area (Å²) in [5, 5.41) is 14.3. The van der Waals surface area contributed by atoms with Crippen molar-refractivity contribution in [2.75, 3.05) is 7.11 Å². The van der Waals surface area contributed by atoms with Gasteiger partial charge in [0, 0.05) is 6.07 Å². The van der Waals surface area contributed by atoms with Crippen LogP contribution in [0.15, 0.2) is 16.9 Å². The summed E-state index contributed by atoms with van der Waals surface area (Å²) in [5.41, 5.74) is -0.0684. The first kappa shape index (κ1) is 12.7. The van der Waals surface area contributed by atoms with Crippen molar-refractivity contribution in [1.29, 1.82) is 0 Å². The minimum absolute atomic E-state index is 0.0684. The third-order valence-corrected chi connectivity index (χ3v) is 1.87. The van der Waals surface area contributed by atoms with Gasteiger partial charge in [0.1, 0.15) is 12.3 Å². The van der Waals surface area contributed by atoms with E-state index in [-0.39, 0.29) is 5.69 Å². The smallest absolute Gasteiger partial charge is 0.326 e. The molecule has 0 aliphatic heterocycles. The van der Waals surface area contributed by atoms with Crippen molar-refractivity contribution in [3.8, 4) is 0 Å². The standard InChI is InChI=1S/C9H10N2O6/c1-16-7(12)4-6(9(14)15)10-8(13)5-2-3-17-11-5/h2-3,6H,4H2,1H3,(H,10,13)(H,14,15)/t6-/m0/s1. The molecule has 8 nitrogen and oxygen atoms in total. The summed E-state index contributed by atoms with van der Waals surface area (Å²) in [4.78, 5) is 33.2. The normalized spacial score (nSPS) is 11.6. The minimum atomic E-state index is -1.37. The third kappa shape index (κ3) is 3.59. The van der Waals surface area contributed by atoms with Crippen LogP contribution in [-0.4, -0.2) is 41.3 Å². The van der Waals surface area contributed by atoms with Crippen LogP contribution >= 0.6 is 0 Å². The number of nitrogens with zero attached hydrogens (tertiary/aromatic N) is 1. The van der Waals surface area contributed by atoms with Gasteiger partial charge in [0.05, 0.1) is 13.5 Å². The predicted molar refractivity (Wildman–Crippen MR) is 52.0 cm³/mol. The summed E-state index contributed by atoms with van der Waals surface area (Å²) >= 11 is 0. The van der Waals surface area contributed by atoms with E-state index in [9.17, 15) is 14.4 Å². The van der Waals surface area contributed by atoms with Gasteiger partial charge in [-0.25, -0.2) is 4.79 Å². The van der Waals surface area contributed by atoms with Gasteiger partial charge in [-0.2, -0.15) is 0 Å². The summed E-state index contributed by atoms with van der Waals surface area (Å²) in [6, 6.07) is -0.0986. The van der Waals surface area contributed by atoms with Crippen molar-refractivity contribution in [1.82, 2.24) is 10.5 Å². The Labute approximate surface area is 95.5 Å². The second-order valence-electron chi connectivity index (χ2n) is 3.03. The molecule has 2 N–H and O–H groups in total. The summed E-state index contributed by atoms with van der Waals surface area (Å²) in [6.45, 7) is 0. The first-order valence-electron chi connectivity index (χ1n) is 4.55. The lowest BCUT2D eigenvalue weighted by Crippen LogP contribution is -2.42. The molecule has 0 aromatic carbocycles. The predicted octanol–water partition coefficient (Wildman–Crippen LogP) is -0.579. The summed E-state index contributed by atoms with van der Waals surface area (Å²) in [6.07, 6.45) is 0.709. The maximum Gasteiger partial charge on any atom is 0.326 e. The number of methoxy groups -OCH3 is 1. The highest BCUT2D eigenvalue weighted by Gasteiger charge is 2.25. The molecule has 92 valence electrons. The highest BCUT2D eigenvalue weighted by atomic mass is 16.5. The van der Waals surface area contributed by atoms with E-state index in [0.29, 0.717) is 0 Å². The largest absolute Gasteiger partial charge is 0.480 e. The molecule has 0 spiro atoms. The fourth-order valence-corrected chi connectivity index (χ4v) is 1.01. The molecule has 1 amide bonds. The van der Waals surface area contributed by atoms with Crippen molar-refractivity contribution in [2.45, 2.75) is 12.5 Å². The molecule has 1 aromatic rings. The average Bonchev–Trinajstić information content (AvgIpc) is 2.81. The number of aromatic nitrogens is 1. The molecule has 0 saturated carbocycles. The number of carboxylic acid groups (broad SMARTS) is 1. The van der Waals surface area contributed by atoms with Gasteiger partial charge >= 0.3 is 11.9 Å². The number of ether oxygens (including phenoxy) is 1. The number of esters is 1. The van der Waals surface area contributed by atoms with E-state index in [2.05, 4.69) is 19.7 Å². The van der Waals surface area contributed by atoms with Crippen LogP contribution in [0.4, 0.5) is 0 Å². The number of carbonyl (C=O) groups excluding carboxylic acids is 2. The topological polar surface area (TPSA) is 119 Å². The van der Waals surface area contributed by atoms with Crippen molar-refractivity contribution >= 4 is 17.8 Å². The van der Waals surface area contributed by atoms with Crippen molar-refractivity contribution < 1.29 is 28.8 Å². The number of carbonyl (C=O) groups is 3. The van der Waals surface area contributed by atoms with Crippen LogP contribution in [0, 0.1) is 0 Å². The molecule has 0 aliphatic rings. The number of nitrogens with one attached hydrogen (secondary N) is 1. The second kappa shape index (κ2) is 5.64. The first-order chi connectivity index (χ1) is 8.04. The quantitative estimate of drug-likeness (QED) is 0.663. The van der Waals surface area contributed by atoms with Gasteiger partial charge in [0.2, 0.25) is 0 Å². The van der Waals surface area contributed by atoms with Crippen LogP contribution in [0.2, 0.25) is 0 Å². The summed E-state index contributed by atoms with van der Waals surface area (Å²) < 4.78 is 8.75. The number of aliphatic carboxylic acids is 1. The van der Waals surface area contributed by atoms with E-state index in [4.69, 9.17) is 5.11 Å². The Morgan fingerprint density at radius 2 is 2.29 bits per heavy atom. The highest BCUT2D eigenvalue weighted by molar-refractivity contribution is 5.95. The molecule has 0 unspecified atom stereocenters. The van der Waals surface area contributed by atoms with Crippen LogP contribution in [0.3, 0.4) is 0 Å². The molecule has 1 atom stereocenters. The van der Waals surface area contributed by atoms with Gasteiger partial charge in [0.25, 0.3) is 5.91 Å². The lowest BCUT2D eigenvalue weighted by molar-refractivity contribution is -0.147. The molecule has 0 fully saturated rings. The van der Waals surface area contributed by atoms with E-state index in [1.807, 2.05) is 0 Å². The molecule has 0 saturated heterocycles. The van der Waals surface area contributed by atoms with Gasteiger partial charge < -0.3 is 19.7 Å². The van der Waals surface area contributed by atoms with Gasteiger partial charge in [-0.3, -0.25) is 9.59 Å². The number of amides is 1. The maximum atomic E-state index is 11.4. The van der Waals surface area contributed by atoms with Crippen molar-refractivity contribution in [3.05, 3.63) is 18.0 Å². The lowest BCUT2D eigenvalue weighted by Gasteiger charge is -2.11. The molecule has 0 radical (unpaired) electrons. The zero-order chi connectivity index (χ0) is 12.8. The Bertz CT molecular complexity index is 413. The molecular weight excluding hydrogens is 232 g/mol. The Kier molecular flexibility index (Phi) is 4.21. The van der Waals surface area contributed by atoms with Crippen molar-refractivity contribution in [3.63, 3.8) is 0 Å². The number of rotatable bonds is 5. The average molecular weight is 242 g/mol. The van der Waals surface area contributed by atoms with E-state index >= 15 is 0 Å². The molecular formula is C9H10N2O6. The molecule has 1 rings (SSSR count). The lowest BCUT2D eigenvalue weighted by atomic mass is 10.2. The van der Waals surface area contributed by atoms with Crippen LogP contribution in [0.1, 0.15) is 16.9 Å². The van der Waals surface area contributed by atoms with Crippen LogP contribution in [0.25, 0.3) is 0 Å². The fourth-order valence-electron chi connectivity index (χ4n) is 1.01. The number of hydrogen-bond donors (Lipinski definition) is 2. The van der Waals surface area contributed by atoms with E-state index in [1.54, 1.807) is 0 Å². The molecule has 17 heavy (non-hydrogen) atoms. The Morgan fingerprint density at radius 3 is 2.76 bits per heavy atom. The Hall–Kier alpha value is -2.38. The van der Waals surface area contributed by atoms with Crippen LogP contribution < -0.4 is 5.32 Å². The van der Waals surface area contributed by atoms with E-state index in [1.165, 1.54) is 12.3 Å². The van der Waals surface area contributed by atoms with E-state index < -0.39 is 30.3 Å². The van der Waals surface area contributed by atoms with Crippen LogP contribution in [-0.2, 0) is 14.3 Å². The first-order valence-corrected chi connectivity index (χ1v) is 4.55. The Morgan fingerprint density at radius 1 is 1.59 bits per heavy atom. The Balaban J connectivity index is 2.64. The molecule has 0 bridgehead atoms. The van der Waals surface area contributed by atoms with Gasteiger partial charge in [-0.05, 0) is 0 Å². The zero-order valence-electron chi connectivity index (χ0n) is 8.87. The van der Waals surface area contributed by atoms with Crippen molar-refractivity contribution in [2.24, 2.45) is 0 Å². The third-order valence-electron chi connectivity index (χ3n) is 1.87. The molecule has 8 heteroatoms. The van der Waals surface area contributed by atoms with Gasteiger partial charge in [-0.15, -0.1) is 0 Å². The zero-order valence-corrected chi connectivity index (χ0v) is 8.87. The number of hydrogen-bond acceptors (Lipinski definition) is 6. The van der Waals surface area contributed by atoms with Crippen LogP contribution in [0.5, 0.6) is 0 Å². The second-order valence-corrected chi connectivity index (χ2v) is 3.03. The number of carboxylic acids is 1. The van der Waals surface area contributed by atoms with E-state index in [0.717, 1.165) is 7.11 Å².